The van der Waals surface area contributed by atoms with Crippen LogP contribution in [0.5, 0.6) is 5.75 Å². The van der Waals surface area contributed by atoms with Crippen LogP contribution in [0.25, 0.3) is 0 Å². The zero-order valence-electron chi connectivity index (χ0n) is 8.59. The van der Waals surface area contributed by atoms with Crippen molar-refractivity contribution in [3.05, 3.63) is 34.4 Å². The SMILES string of the molecule is CCCCO.O=[N+]([O-])c1ccc(O)cc1. The summed E-state index contributed by atoms with van der Waals surface area (Å²) in [5, 5.41) is 26.8. The maximum atomic E-state index is 10.0. The van der Waals surface area contributed by atoms with Crippen molar-refractivity contribution in [1.82, 2.24) is 0 Å². The summed E-state index contributed by atoms with van der Waals surface area (Å²) in [6.07, 6.45) is 2.04. The van der Waals surface area contributed by atoms with Gasteiger partial charge in [-0.25, -0.2) is 0 Å². The van der Waals surface area contributed by atoms with Gasteiger partial charge in [-0.05, 0) is 18.6 Å². The first-order valence-electron chi connectivity index (χ1n) is 4.66. The second-order valence-electron chi connectivity index (χ2n) is 2.85. The molecule has 1 aromatic carbocycles. The predicted molar refractivity (Wildman–Crippen MR) is 56.8 cm³/mol. The average molecular weight is 213 g/mol. The van der Waals surface area contributed by atoms with E-state index in [0.29, 0.717) is 6.61 Å². The van der Waals surface area contributed by atoms with Gasteiger partial charge in [0, 0.05) is 18.7 Å². The average Bonchev–Trinajstić information content (AvgIpc) is 2.20. The molecule has 0 radical (unpaired) electrons. The Labute approximate surface area is 88.1 Å². The van der Waals surface area contributed by atoms with Crippen LogP contribution in [0, 0.1) is 10.1 Å². The summed E-state index contributed by atoms with van der Waals surface area (Å²) in [5.74, 6) is 0.0330. The van der Waals surface area contributed by atoms with E-state index >= 15 is 0 Å². The first kappa shape index (κ1) is 13.4. The van der Waals surface area contributed by atoms with Crippen molar-refractivity contribution >= 4 is 5.69 Å². The number of phenols is 1. The van der Waals surface area contributed by atoms with E-state index in [2.05, 4.69) is 6.92 Å². The standard InChI is InChI=1S/C6H5NO3.C4H10O/c8-6-3-1-5(2-4-6)7(9)10;1-2-3-4-5/h1-4,8H;5H,2-4H2,1H3. The molecule has 15 heavy (non-hydrogen) atoms. The number of nitro benzene ring substituents is 1. The highest BCUT2D eigenvalue weighted by Crippen LogP contribution is 2.14. The van der Waals surface area contributed by atoms with Crippen LogP contribution >= 0.6 is 0 Å². The van der Waals surface area contributed by atoms with Crippen LogP contribution in [-0.4, -0.2) is 21.7 Å². The summed E-state index contributed by atoms with van der Waals surface area (Å²) in [6, 6.07) is 5.04. The lowest BCUT2D eigenvalue weighted by Crippen LogP contribution is -1.85. The molecule has 5 heteroatoms. The molecule has 0 aliphatic rings. The molecule has 84 valence electrons. The molecule has 0 saturated heterocycles. The summed E-state index contributed by atoms with van der Waals surface area (Å²) >= 11 is 0. The Morgan fingerprint density at radius 1 is 1.33 bits per heavy atom. The van der Waals surface area contributed by atoms with Crippen molar-refractivity contribution in [2.45, 2.75) is 19.8 Å². The normalized spacial score (nSPS) is 8.93. The van der Waals surface area contributed by atoms with Crippen LogP contribution in [0.1, 0.15) is 19.8 Å². The van der Waals surface area contributed by atoms with Crippen molar-refractivity contribution in [2.24, 2.45) is 0 Å². The molecule has 1 aromatic rings. The lowest BCUT2D eigenvalue weighted by Gasteiger charge is -1.89. The van der Waals surface area contributed by atoms with E-state index in [1.54, 1.807) is 0 Å². The van der Waals surface area contributed by atoms with Crippen LogP contribution in [0.15, 0.2) is 24.3 Å². The number of hydrogen-bond donors (Lipinski definition) is 2. The van der Waals surface area contributed by atoms with Gasteiger partial charge in [0.15, 0.2) is 0 Å². The monoisotopic (exact) mass is 213 g/mol. The smallest absolute Gasteiger partial charge is 0.269 e. The maximum absolute atomic E-state index is 10.0. The third kappa shape index (κ3) is 6.45. The van der Waals surface area contributed by atoms with Crippen molar-refractivity contribution in [1.29, 1.82) is 0 Å². The second-order valence-corrected chi connectivity index (χ2v) is 2.85. The molecule has 0 unspecified atom stereocenters. The van der Waals surface area contributed by atoms with Crippen molar-refractivity contribution in [3.8, 4) is 5.75 Å². The van der Waals surface area contributed by atoms with Gasteiger partial charge in [-0.3, -0.25) is 10.1 Å². The molecule has 0 aromatic heterocycles. The third-order valence-electron chi connectivity index (χ3n) is 1.57. The lowest BCUT2D eigenvalue weighted by molar-refractivity contribution is -0.384. The number of hydrogen-bond acceptors (Lipinski definition) is 4. The Morgan fingerprint density at radius 3 is 2.13 bits per heavy atom. The number of aliphatic hydroxyl groups is 1. The Kier molecular flexibility index (Phi) is 6.92. The number of nitrogens with zero attached hydrogens (tertiary/aromatic N) is 1. The van der Waals surface area contributed by atoms with E-state index in [4.69, 9.17) is 10.2 Å². The van der Waals surface area contributed by atoms with Crippen molar-refractivity contribution < 1.29 is 15.1 Å². The number of rotatable bonds is 3. The van der Waals surface area contributed by atoms with Crippen LogP contribution in [-0.2, 0) is 0 Å². The highest BCUT2D eigenvalue weighted by molar-refractivity contribution is 5.34. The fourth-order valence-electron chi connectivity index (χ4n) is 0.732. The van der Waals surface area contributed by atoms with Crippen LogP contribution in [0.3, 0.4) is 0 Å². The summed E-state index contributed by atoms with van der Waals surface area (Å²) < 4.78 is 0. The highest BCUT2D eigenvalue weighted by atomic mass is 16.6. The topological polar surface area (TPSA) is 83.6 Å². The molecule has 0 heterocycles. The van der Waals surface area contributed by atoms with Crippen LogP contribution in [0.4, 0.5) is 5.69 Å². The summed E-state index contributed by atoms with van der Waals surface area (Å²) in [6.45, 7) is 2.40. The van der Waals surface area contributed by atoms with E-state index in [9.17, 15) is 10.1 Å². The van der Waals surface area contributed by atoms with Gasteiger partial charge >= 0.3 is 0 Å². The minimum Gasteiger partial charge on any atom is -0.508 e. The van der Waals surface area contributed by atoms with Gasteiger partial charge in [0.25, 0.3) is 5.69 Å². The second kappa shape index (κ2) is 7.75. The molecule has 0 saturated carbocycles. The Morgan fingerprint density at radius 2 is 1.87 bits per heavy atom. The first-order chi connectivity index (χ1) is 7.11. The summed E-state index contributed by atoms with van der Waals surface area (Å²) in [5.41, 5.74) is -0.0159. The molecule has 0 spiro atoms. The van der Waals surface area contributed by atoms with Gasteiger partial charge in [0.2, 0.25) is 0 Å². The Balaban J connectivity index is 0.000000336. The number of unbranched alkanes of at least 4 members (excludes halogenated alkanes) is 1. The van der Waals surface area contributed by atoms with E-state index in [0.717, 1.165) is 12.8 Å². The van der Waals surface area contributed by atoms with E-state index in [-0.39, 0.29) is 11.4 Å². The quantitative estimate of drug-likeness (QED) is 0.594. The Bertz CT molecular complexity index is 282. The number of aromatic hydroxyl groups is 1. The molecule has 1 rings (SSSR count). The summed E-state index contributed by atoms with van der Waals surface area (Å²) in [4.78, 5) is 9.52. The maximum Gasteiger partial charge on any atom is 0.269 e. The molecule has 0 bridgehead atoms. The minimum absolute atomic E-state index is 0.0159. The van der Waals surface area contributed by atoms with Crippen molar-refractivity contribution in [3.63, 3.8) is 0 Å². The fraction of sp³-hybridized carbons (Fsp3) is 0.400. The zero-order chi connectivity index (χ0) is 11.7. The molecule has 2 N–H and O–H groups in total. The number of nitro groups is 1. The first-order valence-corrected chi connectivity index (χ1v) is 4.66. The minimum atomic E-state index is -0.514. The number of non-ortho nitro benzene ring substituents is 1. The molecule has 0 aliphatic carbocycles. The zero-order valence-corrected chi connectivity index (χ0v) is 8.59. The van der Waals surface area contributed by atoms with E-state index < -0.39 is 4.92 Å². The van der Waals surface area contributed by atoms with Crippen LogP contribution < -0.4 is 0 Å². The van der Waals surface area contributed by atoms with Crippen molar-refractivity contribution in [2.75, 3.05) is 6.61 Å². The molecule has 0 fully saturated rings. The number of benzene rings is 1. The molecular formula is C10H15NO4. The molecule has 0 amide bonds. The van der Waals surface area contributed by atoms with Gasteiger partial charge in [0.05, 0.1) is 4.92 Å². The molecular weight excluding hydrogens is 198 g/mol. The van der Waals surface area contributed by atoms with Gasteiger partial charge in [-0.15, -0.1) is 0 Å². The van der Waals surface area contributed by atoms with Gasteiger partial charge < -0.3 is 10.2 Å². The van der Waals surface area contributed by atoms with Gasteiger partial charge in [0.1, 0.15) is 5.75 Å². The third-order valence-corrected chi connectivity index (χ3v) is 1.57. The number of phenolic OH excluding ortho intramolecular Hbond substituents is 1. The van der Waals surface area contributed by atoms with E-state index in [1.165, 1.54) is 24.3 Å². The molecule has 0 atom stereocenters. The van der Waals surface area contributed by atoms with E-state index in [1.807, 2.05) is 0 Å². The Hall–Kier alpha value is -1.62. The fourth-order valence-corrected chi connectivity index (χ4v) is 0.732. The van der Waals surface area contributed by atoms with Gasteiger partial charge in [-0.1, -0.05) is 13.3 Å². The van der Waals surface area contributed by atoms with Crippen LogP contribution in [0.2, 0.25) is 0 Å². The molecule has 0 aliphatic heterocycles. The lowest BCUT2D eigenvalue weighted by atomic mass is 10.3. The molecule has 5 nitrogen and oxygen atoms in total. The highest BCUT2D eigenvalue weighted by Gasteiger charge is 2.01. The predicted octanol–water partition coefficient (Wildman–Crippen LogP) is 2.08. The summed E-state index contributed by atoms with van der Waals surface area (Å²) in [7, 11) is 0. The number of aliphatic hydroxyl groups excluding tert-OH is 1. The van der Waals surface area contributed by atoms with Gasteiger partial charge in [-0.2, -0.15) is 0 Å². The largest absolute Gasteiger partial charge is 0.508 e.